The first-order valence-corrected chi connectivity index (χ1v) is 7.97. The van der Waals surface area contributed by atoms with Crippen LogP contribution in [-0.2, 0) is 0 Å². The minimum absolute atomic E-state index is 0.125. The van der Waals surface area contributed by atoms with Crippen LogP contribution in [0, 0.1) is 10.1 Å². The fourth-order valence-electron chi connectivity index (χ4n) is 2.58. The van der Waals surface area contributed by atoms with Crippen LogP contribution < -0.4 is 5.32 Å². The number of nitrogens with one attached hydrogen (secondary N) is 1. The molecule has 1 saturated carbocycles. The van der Waals surface area contributed by atoms with Crippen LogP contribution in [0.3, 0.4) is 0 Å². The maximum atomic E-state index is 12.2. The zero-order chi connectivity index (χ0) is 15.4. The summed E-state index contributed by atoms with van der Waals surface area (Å²) in [5.74, 6) is 0.224. The van der Waals surface area contributed by atoms with Crippen molar-refractivity contribution >= 4 is 23.4 Å². The highest BCUT2D eigenvalue weighted by Gasteiger charge is 2.29. The summed E-state index contributed by atoms with van der Waals surface area (Å²) >= 11 is 1.84. The van der Waals surface area contributed by atoms with E-state index in [-0.39, 0.29) is 17.5 Å². The first kappa shape index (κ1) is 15.6. The maximum absolute atomic E-state index is 12.2. The van der Waals surface area contributed by atoms with E-state index in [2.05, 4.69) is 12.2 Å². The topological polar surface area (TPSA) is 92.5 Å². The molecule has 1 aliphatic carbocycles. The zero-order valence-corrected chi connectivity index (χ0v) is 12.6. The second-order valence-electron chi connectivity index (χ2n) is 4.97. The molecule has 6 nitrogen and oxygen atoms in total. The molecule has 1 aromatic carbocycles. The summed E-state index contributed by atoms with van der Waals surface area (Å²) in [5.41, 5.74) is -0.155. The van der Waals surface area contributed by atoms with Gasteiger partial charge in [-0.2, -0.15) is 11.8 Å². The molecular weight excluding hydrogens is 292 g/mol. The Morgan fingerprint density at radius 2 is 2.29 bits per heavy atom. The molecule has 0 spiro atoms. The lowest BCUT2D eigenvalue weighted by Crippen LogP contribution is -2.38. The average molecular weight is 310 g/mol. The number of aromatic hydroxyl groups is 1. The maximum Gasteiger partial charge on any atom is 0.310 e. The highest BCUT2D eigenvalue weighted by molar-refractivity contribution is 7.99. The largest absolute Gasteiger partial charge is 0.502 e. The Balaban J connectivity index is 2.06. The summed E-state index contributed by atoms with van der Waals surface area (Å²) in [4.78, 5) is 22.1. The Bertz CT molecular complexity index is 550. The van der Waals surface area contributed by atoms with Crippen LogP contribution in [-0.4, -0.2) is 33.0 Å². The lowest BCUT2D eigenvalue weighted by molar-refractivity contribution is -0.385. The van der Waals surface area contributed by atoms with E-state index >= 15 is 0 Å². The Hall–Kier alpha value is -1.76. The second kappa shape index (κ2) is 6.80. The predicted octanol–water partition coefficient (Wildman–Crippen LogP) is 2.70. The third-order valence-electron chi connectivity index (χ3n) is 3.58. The number of nitro groups is 1. The van der Waals surface area contributed by atoms with Crippen molar-refractivity contribution in [3.8, 4) is 5.75 Å². The molecule has 7 heteroatoms. The molecule has 1 aromatic rings. The third-order valence-corrected chi connectivity index (χ3v) is 4.91. The number of hydrogen-bond donors (Lipinski definition) is 2. The molecule has 0 aromatic heterocycles. The Morgan fingerprint density at radius 3 is 2.90 bits per heavy atom. The molecule has 1 aliphatic rings. The van der Waals surface area contributed by atoms with E-state index in [1.165, 1.54) is 6.07 Å². The predicted molar refractivity (Wildman–Crippen MR) is 81.8 cm³/mol. The van der Waals surface area contributed by atoms with Gasteiger partial charge in [0.1, 0.15) is 0 Å². The van der Waals surface area contributed by atoms with Crippen molar-refractivity contribution in [1.82, 2.24) is 5.32 Å². The molecule has 0 radical (unpaired) electrons. The number of nitro benzene ring substituents is 1. The first-order chi connectivity index (χ1) is 10.0. The number of nitrogens with zero attached hydrogens (tertiary/aromatic N) is 1. The molecule has 0 aliphatic heterocycles. The average Bonchev–Trinajstić information content (AvgIpc) is 2.86. The lowest BCUT2D eigenvalue weighted by Gasteiger charge is -2.20. The standard InChI is InChI=1S/C14H18N2O4S/c1-2-21-13-5-3-4-10(13)15-14(18)9-6-7-11(16(19)20)12(17)8-9/h6-8,10,13,17H,2-5H2,1H3,(H,15,18). The van der Waals surface area contributed by atoms with Crippen LogP contribution >= 0.6 is 11.8 Å². The SMILES string of the molecule is CCSC1CCCC1NC(=O)c1ccc([N+](=O)[O-])c(O)c1. The molecule has 2 atom stereocenters. The van der Waals surface area contributed by atoms with Crippen molar-refractivity contribution in [2.75, 3.05) is 5.75 Å². The van der Waals surface area contributed by atoms with E-state index in [9.17, 15) is 20.0 Å². The number of phenolic OH excluding ortho intramolecular Hbond substituents is 1. The summed E-state index contributed by atoms with van der Waals surface area (Å²) in [6, 6.07) is 3.78. The van der Waals surface area contributed by atoms with E-state index in [4.69, 9.17) is 0 Å². The minimum atomic E-state index is -0.679. The van der Waals surface area contributed by atoms with Gasteiger partial charge in [-0.15, -0.1) is 0 Å². The summed E-state index contributed by atoms with van der Waals surface area (Å²) in [6.07, 6.45) is 3.13. The number of rotatable bonds is 5. The number of amides is 1. The van der Waals surface area contributed by atoms with Crippen molar-refractivity contribution in [3.05, 3.63) is 33.9 Å². The molecular formula is C14H18N2O4S. The van der Waals surface area contributed by atoms with E-state index in [1.807, 2.05) is 11.8 Å². The molecule has 1 fully saturated rings. The van der Waals surface area contributed by atoms with Crippen LogP contribution in [0.1, 0.15) is 36.5 Å². The highest BCUT2D eigenvalue weighted by Crippen LogP contribution is 2.30. The van der Waals surface area contributed by atoms with E-state index in [0.29, 0.717) is 5.25 Å². The summed E-state index contributed by atoms with van der Waals surface area (Å²) in [6.45, 7) is 2.09. The summed E-state index contributed by atoms with van der Waals surface area (Å²) < 4.78 is 0. The summed E-state index contributed by atoms with van der Waals surface area (Å²) in [7, 11) is 0. The fraction of sp³-hybridized carbons (Fsp3) is 0.500. The monoisotopic (exact) mass is 310 g/mol. The molecule has 21 heavy (non-hydrogen) atoms. The summed E-state index contributed by atoms with van der Waals surface area (Å²) in [5, 5.41) is 23.6. The normalized spacial score (nSPS) is 21.2. The van der Waals surface area contributed by atoms with Crippen LogP contribution in [0.5, 0.6) is 5.75 Å². The number of hydrogen-bond acceptors (Lipinski definition) is 5. The minimum Gasteiger partial charge on any atom is -0.502 e. The Morgan fingerprint density at radius 1 is 1.52 bits per heavy atom. The van der Waals surface area contributed by atoms with Gasteiger partial charge >= 0.3 is 5.69 Å². The van der Waals surface area contributed by atoms with Gasteiger partial charge in [0.05, 0.1) is 4.92 Å². The molecule has 0 saturated heterocycles. The van der Waals surface area contributed by atoms with Crippen molar-refractivity contribution < 1.29 is 14.8 Å². The van der Waals surface area contributed by atoms with Gasteiger partial charge in [-0.1, -0.05) is 13.3 Å². The van der Waals surface area contributed by atoms with Gasteiger partial charge in [0.15, 0.2) is 5.75 Å². The fourth-order valence-corrected chi connectivity index (χ4v) is 3.77. The van der Waals surface area contributed by atoms with Crippen molar-refractivity contribution in [2.24, 2.45) is 0 Å². The van der Waals surface area contributed by atoms with Crippen LogP contribution in [0.4, 0.5) is 5.69 Å². The van der Waals surface area contributed by atoms with Crippen molar-refractivity contribution in [1.29, 1.82) is 0 Å². The van der Waals surface area contributed by atoms with E-state index in [1.54, 1.807) is 0 Å². The lowest BCUT2D eigenvalue weighted by atomic mass is 10.1. The van der Waals surface area contributed by atoms with Gasteiger partial charge in [0.25, 0.3) is 5.91 Å². The Kier molecular flexibility index (Phi) is 5.06. The number of thioether (sulfide) groups is 1. The smallest absolute Gasteiger partial charge is 0.310 e. The van der Waals surface area contributed by atoms with Crippen molar-refractivity contribution in [2.45, 2.75) is 37.5 Å². The van der Waals surface area contributed by atoms with Gasteiger partial charge in [-0.25, -0.2) is 0 Å². The van der Waals surface area contributed by atoms with Gasteiger partial charge in [0.2, 0.25) is 0 Å². The van der Waals surface area contributed by atoms with E-state index < -0.39 is 16.4 Å². The van der Waals surface area contributed by atoms with Gasteiger partial charge < -0.3 is 10.4 Å². The highest BCUT2D eigenvalue weighted by atomic mass is 32.2. The molecule has 0 bridgehead atoms. The van der Waals surface area contributed by atoms with Crippen LogP contribution in [0.25, 0.3) is 0 Å². The third kappa shape index (κ3) is 3.66. The second-order valence-corrected chi connectivity index (χ2v) is 6.48. The molecule has 2 unspecified atom stereocenters. The van der Waals surface area contributed by atoms with E-state index in [0.717, 1.165) is 37.1 Å². The molecule has 2 rings (SSSR count). The molecule has 2 N–H and O–H groups in total. The molecule has 114 valence electrons. The Labute approximate surface area is 127 Å². The molecule has 0 heterocycles. The molecule has 1 amide bonds. The number of benzene rings is 1. The van der Waals surface area contributed by atoms with Crippen molar-refractivity contribution in [3.63, 3.8) is 0 Å². The number of phenols is 1. The van der Waals surface area contributed by atoms with Gasteiger partial charge in [-0.05, 0) is 30.7 Å². The van der Waals surface area contributed by atoms with Gasteiger partial charge in [-0.3, -0.25) is 14.9 Å². The van der Waals surface area contributed by atoms with Crippen LogP contribution in [0.15, 0.2) is 18.2 Å². The number of carbonyl (C=O) groups is 1. The zero-order valence-electron chi connectivity index (χ0n) is 11.7. The quantitative estimate of drug-likeness (QED) is 0.644. The van der Waals surface area contributed by atoms with Crippen LogP contribution in [0.2, 0.25) is 0 Å². The number of carbonyl (C=O) groups excluding carboxylic acids is 1. The van der Waals surface area contributed by atoms with Gasteiger partial charge in [0, 0.05) is 22.9 Å². The first-order valence-electron chi connectivity index (χ1n) is 6.92.